The monoisotopic (exact) mass is 273 g/mol. The number of aromatic hydroxyl groups is 1. The van der Waals surface area contributed by atoms with Gasteiger partial charge in [0, 0.05) is 10.6 Å². The van der Waals surface area contributed by atoms with Crippen molar-refractivity contribution >= 4 is 30.2 Å². The van der Waals surface area contributed by atoms with E-state index < -0.39 is 7.12 Å². The Balaban J connectivity index is 1.72. The molecule has 4 nitrogen and oxygen atoms in total. The second-order valence-electron chi connectivity index (χ2n) is 4.28. The van der Waals surface area contributed by atoms with Crippen LogP contribution in [0.5, 0.6) is 5.75 Å². The first-order valence-corrected chi connectivity index (χ1v) is 6.68. The summed E-state index contributed by atoms with van der Waals surface area (Å²) in [4.78, 5) is 0.914. The number of rotatable bonds is 3. The molecule has 0 unspecified atom stereocenters. The van der Waals surface area contributed by atoms with Gasteiger partial charge in [-0.25, -0.2) is 0 Å². The van der Waals surface area contributed by atoms with Gasteiger partial charge < -0.3 is 19.5 Å². The smallest absolute Gasteiger partial charge is 0.491 e. The van der Waals surface area contributed by atoms with Crippen LogP contribution in [0.3, 0.4) is 0 Å². The number of nitrogens with one attached hydrogen (secondary N) is 1. The molecule has 96 valence electrons. The molecule has 0 bridgehead atoms. The van der Waals surface area contributed by atoms with Crippen LogP contribution in [0, 0.1) is 0 Å². The van der Waals surface area contributed by atoms with Crippen molar-refractivity contribution in [2.24, 2.45) is 0 Å². The van der Waals surface area contributed by atoms with Crippen molar-refractivity contribution in [1.82, 2.24) is 0 Å². The van der Waals surface area contributed by atoms with Crippen LogP contribution in [-0.2, 0) is 11.3 Å². The lowest BCUT2D eigenvalue weighted by Crippen LogP contribution is -2.28. The van der Waals surface area contributed by atoms with Crippen LogP contribution in [0.1, 0.15) is 5.56 Å². The summed E-state index contributed by atoms with van der Waals surface area (Å²) in [6.45, 7) is 0.455. The zero-order valence-corrected chi connectivity index (χ0v) is 10.9. The Morgan fingerprint density at radius 3 is 2.95 bits per heavy atom. The van der Waals surface area contributed by atoms with Crippen molar-refractivity contribution in [2.45, 2.75) is 11.5 Å². The molecule has 3 N–H and O–H groups in total. The third-order valence-corrected chi connectivity index (χ3v) is 3.74. The molecule has 1 aliphatic heterocycles. The quantitative estimate of drug-likeness (QED) is 0.587. The van der Waals surface area contributed by atoms with E-state index in [0.717, 1.165) is 21.6 Å². The molecule has 0 aliphatic carbocycles. The minimum absolute atomic E-state index is 0.240. The summed E-state index contributed by atoms with van der Waals surface area (Å²) in [5.41, 5.74) is 2.71. The first kappa shape index (κ1) is 12.4. The predicted molar refractivity (Wildman–Crippen MR) is 76.4 cm³/mol. The largest absolute Gasteiger partial charge is 0.508 e. The molecule has 1 heterocycles. The van der Waals surface area contributed by atoms with Gasteiger partial charge in [0.1, 0.15) is 5.75 Å². The molecular formula is C13H12BNO3S. The molecule has 0 aromatic heterocycles. The summed E-state index contributed by atoms with van der Waals surface area (Å²) < 4.78 is 8.32. The second-order valence-corrected chi connectivity index (χ2v) is 5.16. The zero-order valence-electron chi connectivity index (χ0n) is 10.0. The highest BCUT2D eigenvalue weighted by molar-refractivity contribution is 8.00. The van der Waals surface area contributed by atoms with E-state index in [9.17, 15) is 10.1 Å². The molecule has 2 aromatic rings. The van der Waals surface area contributed by atoms with Gasteiger partial charge in [0.25, 0.3) is 0 Å². The average Bonchev–Trinajstić information content (AvgIpc) is 2.78. The maximum Gasteiger partial charge on any atom is 0.491 e. The number of benzene rings is 2. The highest BCUT2D eigenvalue weighted by Crippen LogP contribution is 2.24. The van der Waals surface area contributed by atoms with Gasteiger partial charge >= 0.3 is 7.12 Å². The minimum atomic E-state index is -0.831. The van der Waals surface area contributed by atoms with Crippen molar-refractivity contribution in [2.75, 3.05) is 4.72 Å². The summed E-state index contributed by atoms with van der Waals surface area (Å²) in [5, 5.41) is 19.0. The molecule has 19 heavy (non-hydrogen) atoms. The first-order valence-electron chi connectivity index (χ1n) is 5.87. The van der Waals surface area contributed by atoms with Gasteiger partial charge in [0.15, 0.2) is 0 Å². The third-order valence-electron chi connectivity index (χ3n) is 2.91. The molecule has 0 amide bonds. The molecule has 0 atom stereocenters. The SMILES string of the molecule is OB1OCc2ccc(NSc3cccc(O)c3)cc21. The Kier molecular flexibility index (Phi) is 3.37. The number of phenolic OH excluding ortho intramolecular Hbond substituents is 1. The molecular weight excluding hydrogens is 261 g/mol. The molecule has 0 saturated carbocycles. The molecule has 6 heteroatoms. The van der Waals surface area contributed by atoms with Crippen LogP contribution in [-0.4, -0.2) is 17.2 Å². The lowest BCUT2D eigenvalue weighted by atomic mass is 9.79. The number of hydrogen-bond acceptors (Lipinski definition) is 5. The van der Waals surface area contributed by atoms with Gasteiger partial charge in [0.05, 0.1) is 6.61 Å². The minimum Gasteiger partial charge on any atom is -0.508 e. The van der Waals surface area contributed by atoms with E-state index in [4.69, 9.17) is 4.65 Å². The van der Waals surface area contributed by atoms with Crippen molar-refractivity contribution < 1.29 is 14.8 Å². The van der Waals surface area contributed by atoms with Gasteiger partial charge in [0.2, 0.25) is 0 Å². The molecule has 0 saturated heterocycles. The normalized spacial score (nSPS) is 13.4. The van der Waals surface area contributed by atoms with E-state index in [1.54, 1.807) is 18.2 Å². The number of fused-ring (bicyclic) bond motifs is 1. The van der Waals surface area contributed by atoms with Crippen LogP contribution in [0.15, 0.2) is 47.4 Å². The van der Waals surface area contributed by atoms with E-state index in [0.29, 0.717) is 6.61 Å². The summed E-state index contributed by atoms with van der Waals surface area (Å²) in [6, 6.07) is 12.8. The third kappa shape index (κ3) is 2.70. The molecule has 3 rings (SSSR count). The number of phenols is 1. The Labute approximate surface area is 115 Å². The van der Waals surface area contributed by atoms with Gasteiger partial charge in [-0.2, -0.15) is 0 Å². The Hall–Kier alpha value is -1.63. The van der Waals surface area contributed by atoms with Gasteiger partial charge in [-0.15, -0.1) is 0 Å². The molecule has 0 fully saturated rings. The number of anilines is 1. The fourth-order valence-electron chi connectivity index (χ4n) is 1.94. The Bertz CT molecular complexity index is 608. The summed E-state index contributed by atoms with van der Waals surface area (Å²) >= 11 is 1.40. The Morgan fingerprint density at radius 1 is 1.21 bits per heavy atom. The van der Waals surface area contributed by atoms with Crippen LogP contribution in [0.4, 0.5) is 5.69 Å². The van der Waals surface area contributed by atoms with E-state index in [-0.39, 0.29) is 5.75 Å². The fourth-order valence-corrected chi connectivity index (χ4v) is 2.63. The van der Waals surface area contributed by atoms with Gasteiger partial charge in [-0.1, -0.05) is 12.1 Å². The fraction of sp³-hybridized carbons (Fsp3) is 0.0769. The maximum atomic E-state index is 9.64. The second kappa shape index (κ2) is 5.17. The predicted octanol–water partition coefficient (Wildman–Crippen LogP) is 1.73. The van der Waals surface area contributed by atoms with E-state index in [1.165, 1.54) is 11.9 Å². The zero-order chi connectivity index (χ0) is 13.2. The van der Waals surface area contributed by atoms with Gasteiger partial charge in [-0.05, 0) is 53.3 Å². The highest BCUT2D eigenvalue weighted by atomic mass is 32.2. The van der Waals surface area contributed by atoms with Gasteiger partial charge in [-0.3, -0.25) is 0 Å². The summed E-state index contributed by atoms with van der Waals surface area (Å²) in [6.07, 6.45) is 0. The molecule has 1 aliphatic rings. The lowest BCUT2D eigenvalue weighted by molar-refractivity contribution is 0.275. The standard InChI is InChI=1S/C13H12BNO3S/c16-11-2-1-3-12(7-11)19-15-10-5-4-9-8-18-14(17)13(9)6-10/h1-7,15-17H,8H2. The van der Waals surface area contributed by atoms with Crippen LogP contribution >= 0.6 is 11.9 Å². The molecule has 0 radical (unpaired) electrons. The van der Waals surface area contributed by atoms with Crippen molar-refractivity contribution in [3.8, 4) is 5.75 Å². The van der Waals surface area contributed by atoms with Crippen LogP contribution in [0.2, 0.25) is 0 Å². The van der Waals surface area contributed by atoms with Crippen LogP contribution in [0.25, 0.3) is 0 Å². The topological polar surface area (TPSA) is 61.7 Å². The van der Waals surface area contributed by atoms with Crippen molar-refractivity contribution in [3.63, 3.8) is 0 Å². The summed E-state index contributed by atoms with van der Waals surface area (Å²) in [5.74, 6) is 0.240. The van der Waals surface area contributed by atoms with E-state index in [2.05, 4.69) is 4.72 Å². The lowest BCUT2D eigenvalue weighted by Gasteiger charge is -2.07. The maximum absolute atomic E-state index is 9.64. The van der Waals surface area contributed by atoms with Crippen LogP contribution < -0.4 is 10.2 Å². The van der Waals surface area contributed by atoms with E-state index >= 15 is 0 Å². The Morgan fingerprint density at radius 2 is 2.11 bits per heavy atom. The van der Waals surface area contributed by atoms with E-state index in [1.807, 2.05) is 24.3 Å². The summed E-state index contributed by atoms with van der Waals surface area (Å²) in [7, 11) is -0.831. The first-order chi connectivity index (χ1) is 9.22. The number of hydrogen-bond donors (Lipinski definition) is 3. The molecule has 0 spiro atoms. The highest BCUT2D eigenvalue weighted by Gasteiger charge is 2.27. The van der Waals surface area contributed by atoms with Crippen molar-refractivity contribution in [1.29, 1.82) is 0 Å². The molecule has 2 aromatic carbocycles. The van der Waals surface area contributed by atoms with Crippen molar-refractivity contribution in [3.05, 3.63) is 48.0 Å². The average molecular weight is 273 g/mol.